The number of benzene rings is 1. The van der Waals surface area contributed by atoms with Gasteiger partial charge in [-0.3, -0.25) is 4.79 Å². The first-order chi connectivity index (χ1) is 15.4. The van der Waals surface area contributed by atoms with Crippen molar-refractivity contribution in [2.24, 2.45) is 5.73 Å². The van der Waals surface area contributed by atoms with Gasteiger partial charge in [0.05, 0.1) is 35.8 Å². The van der Waals surface area contributed by atoms with E-state index in [4.69, 9.17) is 16.2 Å². The highest BCUT2D eigenvalue weighted by Crippen LogP contribution is 2.38. The minimum Gasteiger partial charge on any atom is -0.481 e. The summed E-state index contributed by atoms with van der Waals surface area (Å²) in [5, 5.41) is 0. The van der Waals surface area contributed by atoms with E-state index < -0.39 is 5.82 Å². The predicted molar refractivity (Wildman–Crippen MR) is 119 cm³/mol. The third-order valence-electron chi connectivity index (χ3n) is 5.61. The van der Waals surface area contributed by atoms with Gasteiger partial charge in [-0.15, -0.1) is 0 Å². The van der Waals surface area contributed by atoms with Crippen molar-refractivity contribution in [1.29, 1.82) is 0 Å². The highest BCUT2D eigenvalue weighted by Gasteiger charge is 2.37. The number of halogens is 1. The SMILES string of the molecule is COc1cccc(-c2cc(F)ccc2[C@H]2Cc3nc(N)nc(C)c3C(=O)N2CCCN)n1. The van der Waals surface area contributed by atoms with E-state index in [2.05, 4.69) is 15.0 Å². The smallest absolute Gasteiger partial charge is 0.258 e. The van der Waals surface area contributed by atoms with Gasteiger partial charge >= 0.3 is 0 Å². The Bertz CT molecular complexity index is 1170. The average molecular weight is 436 g/mol. The molecule has 1 atom stereocenters. The molecule has 166 valence electrons. The van der Waals surface area contributed by atoms with Gasteiger partial charge in [0.2, 0.25) is 11.8 Å². The van der Waals surface area contributed by atoms with Crippen LogP contribution in [0.2, 0.25) is 0 Å². The number of amides is 1. The van der Waals surface area contributed by atoms with E-state index in [-0.39, 0.29) is 17.9 Å². The molecule has 8 nitrogen and oxygen atoms in total. The zero-order valence-corrected chi connectivity index (χ0v) is 18.0. The molecular formula is C23H25FN6O2. The number of carbonyl (C=O) groups is 1. The summed E-state index contributed by atoms with van der Waals surface area (Å²) in [4.78, 5) is 28.3. The number of nitrogens with zero attached hydrogens (tertiary/aromatic N) is 4. The number of methoxy groups -OCH3 is 1. The van der Waals surface area contributed by atoms with Crippen LogP contribution in [0.5, 0.6) is 5.88 Å². The van der Waals surface area contributed by atoms with Crippen molar-refractivity contribution in [2.75, 3.05) is 25.9 Å². The minimum atomic E-state index is -0.396. The number of aryl methyl sites for hydroxylation is 1. The van der Waals surface area contributed by atoms with Gasteiger partial charge in [0, 0.05) is 24.6 Å². The number of nitrogen functional groups attached to an aromatic ring is 1. The van der Waals surface area contributed by atoms with Gasteiger partial charge in [0.25, 0.3) is 5.91 Å². The second-order valence-corrected chi connectivity index (χ2v) is 7.65. The van der Waals surface area contributed by atoms with Crippen molar-refractivity contribution >= 4 is 11.9 Å². The molecule has 1 aliphatic heterocycles. The van der Waals surface area contributed by atoms with Gasteiger partial charge in [0.1, 0.15) is 5.82 Å². The van der Waals surface area contributed by atoms with Gasteiger partial charge in [0.15, 0.2) is 0 Å². The van der Waals surface area contributed by atoms with Crippen LogP contribution in [0.1, 0.15) is 39.8 Å². The second-order valence-electron chi connectivity index (χ2n) is 7.65. The Kier molecular flexibility index (Phi) is 6.00. The molecule has 4 N–H and O–H groups in total. The zero-order valence-electron chi connectivity index (χ0n) is 18.0. The first kappa shape index (κ1) is 21.6. The van der Waals surface area contributed by atoms with Gasteiger partial charge < -0.3 is 21.1 Å². The van der Waals surface area contributed by atoms with Crippen molar-refractivity contribution in [3.05, 3.63) is 64.7 Å². The average Bonchev–Trinajstić information content (AvgIpc) is 2.77. The fourth-order valence-electron chi connectivity index (χ4n) is 4.18. The molecule has 2 aromatic heterocycles. The molecule has 0 bridgehead atoms. The number of aromatic nitrogens is 3. The Balaban J connectivity index is 1.87. The highest BCUT2D eigenvalue weighted by atomic mass is 19.1. The Labute approximate surface area is 185 Å². The Morgan fingerprint density at radius 1 is 1.22 bits per heavy atom. The minimum absolute atomic E-state index is 0.122. The lowest BCUT2D eigenvalue weighted by molar-refractivity contribution is 0.0642. The number of hydrogen-bond donors (Lipinski definition) is 2. The molecule has 0 saturated carbocycles. The maximum atomic E-state index is 14.3. The van der Waals surface area contributed by atoms with Crippen LogP contribution in [0.25, 0.3) is 11.3 Å². The summed E-state index contributed by atoms with van der Waals surface area (Å²) in [5.41, 5.74) is 15.1. The van der Waals surface area contributed by atoms with E-state index in [9.17, 15) is 9.18 Å². The van der Waals surface area contributed by atoms with Gasteiger partial charge in [-0.2, -0.15) is 0 Å². The number of anilines is 1. The van der Waals surface area contributed by atoms with Gasteiger partial charge in [-0.25, -0.2) is 19.3 Å². The van der Waals surface area contributed by atoms with Crippen LogP contribution < -0.4 is 16.2 Å². The number of pyridine rings is 1. The molecule has 1 amide bonds. The van der Waals surface area contributed by atoms with Crippen LogP contribution in [0.15, 0.2) is 36.4 Å². The second kappa shape index (κ2) is 8.88. The molecule has 0 spiro atoms. The summed E-state index contributed by atoms with van der Waals surface area (Å²) in [6, 6.07) is 9.42. The van der Waals surface area contributed by atoms with Crippen molar-refractivity contribution < 1.29 is 13.9 Å². The number of carbonyl (C=O) groups excluding carboxylic acids is 1. The van der Waals surface area contributed by atoms with Crippen LogP contribution in [-0.4, -0.2) is 46.0 Å². The summed E-state index contributed by atoms with van der Waals surface area (Å²) in [6.07, 6.45) is 1.04. The van der Waals surface area contributed by atoms with E-state index in [0.29, 0.717) is 60.0 Å². The fourth-order valence-corrected chi connectivity index (χ4v) is 4.18. The third kappa shape index (κ3) is 3.99. The van der Waals surface area contributed by atoms with E-state index in [1.54, 1.807) is 36.1 Å². The van der Waals surface area contributed by atoms with E-state index >= 15 is 0 Å². The highest BCUT2D eigenvalue weighted by molar-refractivity contribution is 5.98. The number of nitrogens with two attached hydrogens (primary N) is 2. The lowest BCUT2D eigenvalue weighted by Crippen LogP contribution is -2.42. The first-order valence-electron chi connectivity index (χ1n) is 10.4. The summed E-state index contributed by atoms with van der Waals surface area (Å²) >= 11 is 0. The van der Waals surface area contributed by atoms with Crippen molar-refractivity contribution in [1.82, 2.24) is 19.9 Å². The number of fused-ring (bicyclic) bond motifs is 1. The van der Waals surface area contributed by atoms with E-state index in [1.165, 1.54) is 19.2 Å². The molecule has 0 unspecified atom stereocenters. The molecule has 0 fully saturated rings. The summed E-state index contributed by atoms with van der Waals surface area (Å²) in [6.45, 7) is 2.64. The third-order valence-corrected chi connectivity index (χ3v) is 5.61. The van der Waals surface area contributed by atoms with Crippen LogP contribution >= 0.6 is 0 Å². The molecule has 0 radical (unpaired) electrons. The molecule has 0 saturated heterocycles. The summed E-state index contributed by atoms with van der Waals surface area (Å²) in [5.74, 6) is -0.0428. The Morgan fingerprint density at radius 3 is 2.78 bits per heavy atom. The molecule has 1 aliphatic rings. The lowest BCUT2D eigenvalue weighted by Gasteiger charge is -2.37. The molecule has 1 aromatic carbocycles. The summed E-state index contributed by atoms with van der Waals surface area (Å²) < 4.78 is 19.6. The van der Waals surface area contributed by atoms with Gasteiger partial charge in [-0.05, 0) is 43.7 Å². The van der Waals surface area contributed by atoms with E-state index in [1.807, 2.05) is 0 Å². The quantitative estimate of drug-likeness (QED) is 0.609. The first-order valence-corrected chi connectivity index (χ1v) is 10.4. The Morgan fingerprint density at radius 2 is 2.03 bits per heavy atom. The normalized spacial score (nSPS) is 15.6. The van der Waals surface area contributed by atoms with Crippen LogP contribution in [-0.2, 0) is 6.42 Å². The van der Waals surface area contributed by atoms with Crippen LogP contribution in [0.4, 0.5) is 10.3 Å². The van der Waals surface area contributed by atoms with Gasteiger partial charge in [-0.1, -0.05) is 12.1 Å². The fraction of sp³-hybridized carbons (Fsp3) is 0.304. The molecule has 9 heteroatoms. The van der Waals surface area contributed by atoms with E-state index in [0.717, 1.165) is 5.56 Å². The lowest BCUT2D eigenvalue weighted by atomic mass is 9.88. The maximum absolute atomic E-state index is 14.3. The predicted octanol–water partition coefficient (Wildman–Crippen LogP) is 2.67. The monoisotopic (exact) mass is 436 g/mol. The summed E-state index contributed by atoms with van der Waals surface area (Å²) in [7, 11) is 1.52. The number of rotatable bonds is 6. The van der Waals surface area contributed by atoms with Crippen molar-refractivity contribution in [2.45, 2.75) is 25.8 Å². The molecule has 3 aromatic rings. The van der Waals surface area contributed by atoms with Crippen molar-refractivity contribution in [3.8, 4) is 17.1 Å². The molecular weight excluding hydrogens is 411 g/mol. The standard InChI is InChI=1S/C23H25FN6O2/c1-13-21-18(29-23(26)27-13)12-19(30(22(21)31)10-4-9-25)15-8-7-14(24)11-16(15)17-5-3-6-20(28-17)32-2/h3,5-8,11,19H,4,9-10,12,25H2,1-2H3,(H2,26,27,29)/t19-/m1/s1. The number of ether oxygens (including phenoxy) is 1. The van der Waals surface area contributed by atoms with Crippen LogP contribution in [0.3, 0.4) is 0 Å². The molecule has 0 aliphatic carbocycles. The number of hydrogen-bond acceptors (Lipinski definition) is 7. The molecule has 32 heavy (non-hydrogen) atoms. The molecule has 3 heterocycles. The largest absolute Gasteiger partial charge is 0.481 e. The van der Waals surface area contributed by atoms with Crippen molar-refractivity contribution in [3.63, 3.8) is 0 Å². The molecule has 4 rings (SSSR count). The Hall–Kier alpha value is -3.59. The van der Waals surface area contributed by atoms with Crippen LogP contribution in [0, 0.1) is 12.7 Å². The maximum Gasteiger partial charge on any atom is 0.258 e. The zero-order chi connectivity index (χ0) is 22.8. The topological polar surface area (TPSA) is 120 Å².